The highest BCUT2D eigenvalue weighted by molar-refractivity contribution is 14.0. The number of aryl methyl sites for hydroxylation is 1. The molecule has 0 radical (unpaired) electrons. The summed E-state index contributed by atoms with van der Waals surface area (Å²) in [5, 5.41) is 6.93. The van der Waals surface area contributed by atoms with E-state index in [1.54, 1.807) is 0 Å². The molecule has 27 heavy (non-hydrogen) atoms. The molecule has 1 heterocycles. The van der Waals surface area contributed by atoms with E-state index in [0.29, 0.717) is 12.6 Å². The Kier molecular flexibility index (Phi) is 11.4. The highest BCUT2D eigenvalue weighted by Gasteiger charge is 2.19. The van der Waals surface area contributed by atoms with Crippen molar-refractivity contribution in [2.75, 3.05) is 32.7 Å². The lowest BCUT2D eigenvalue weighted by Crippen LogP contribution is -2.48. The predicted molar refractivity (Wildman–Crippen MR) is 125 cm³/mol. The maximum Gasteiger partial charge on any atom is 0.191 e. The number of rotatable bonds is 8. The number of likely N-dealkylation sites (tertiary alicyclic amines) is 1. The van der Waals surface area contributed by atoms with Crippen LogP contribution in [0.25, 0.3) is 0 Å². The first-order chi connectivity index (χ1) is 12.6. The van der Waals surface area contributed by atoms with Gasteiger partial charge >= 0.3 is 0 Å². The van der Waals surface area contributed by atoms with Crippen molar-refractivity contribution < 1.29 is 4.74 Å². The molecule has 6 heteroatoms. The van der Waals surface area contributed by atoms with Crippen molar-refractivity contribution in [1.82, 2.24) is 15.5 Å². The molecule has 0 saturated carbocycles. The zero-order chi connectivity index (χ0) is 18.8. The molecule has 2 rings (SSSR count). The predicted octanol–water partition coefficient (Wildman–Crippen LogP) is 3.59. The summed E-state index contributed by atoms with van der Waals surface area (Å²) in [5.74, 6) is 1.82. The molecule has 0 spiro atoms. The first-order valence-corrected chi connectivity index (χ1v) is 9.72. The smallest absolute Gasteiger partial charge is 0.191 e. The summed E-state index contributed by atoms with van der Waals surface area (Å²) in [7, 11) is 0. The van der Waals surface area contributed by atoms with E-state index in [-0.39, 0.29) is 30.1 Å². The fourth-order valence-electron chi connectivity index (χ4n) is 3.12. The van der Waals surface area contributed by atoms with Crippen molar-refractivity contribution in [3.05, 3.63) is 42.5 Å². The highest BCUT2D eigenvalue weighted by Crippen LogP contribution is 2.17. The Labute approximate surface area is 181 Å². The van der Waals surface area contributed by atoms with Crippen LogP contribution in [0.5, 0.6) is 5.75 Å². The van der Waals surface area contributed by atoms with E-state index in [9.17, 15) is 0 Å². The van der Waals surface area contributed by atoms with Gasteiger partial charge in [0.2, 0.25) is 0 Å². The van der Waals surface area contributed by atoms with Gasteiger partial charge in [-0.2, -0.15) is 0 Å². The van der Waals surface area contributed by atoms with Crippen LogP contribution in [-0.4, -0.2) is 55.7 Å². The van der Waals surface area contributed by atoms with Gasteiger partial charge in [0.1, 0.15) is 11.9 Å². The summed E-state index contributed by atoms with van der Waals surface area (Å²) in [6.07, 6.45) is 4.27. The summed E-state index contributed by atoms with van der Waals surface area (Å²) in [5.41, 5.74) is 1.15. The van der Waals surface area contributed by atoms with Gasteiger partial charge in [0.05, 0.1) is 6.54 Å². The van der Waals surface area contributed by atoms with Gasteiger partial charge in [0, 0.05) is 32.2 Å². The molecule has 5 nitrogen and oxygen atoms in total. The number of piperidine rings is 1. The van der Waals surface area contributed by atoms with Crippen LogP contribution in [0.4, 0.5) is 0 Å². The van der Waals surface area contributed by atoms with Crippen LogP contribution >= 0.6 is 24.0 Å². The van der Waals surface area contributed by atoms with Crippen molar-refractivity contribution in [3.8, 4) is 5.75 Å². The minimum atomic E-state index is 0. The summed E-state index contributed by atoms with van der Waals surface area (Å²) in [6.45, 7) is 14.7. The standard InChI is InChI=1S/C21H34N4O.HI/c1-5-13-25-14-11-19(12-15-25)24-21(22-6-2)23-16-18(4)26-20-10-8-7-9-17(20)3;/h5,7-10,18-19H,1,6,11-16H2,2-4H3,(H2,22,23,24);1H. The first-order valence-electron chi connectivity index (χ1n) is 9.72. The molecule has 0 aromatic heterocycles. The quantitative estimate of drug-likeness (QED) is 0.255. The Morgan fingerprint density at radius 3 is 2.70 bits per heavy atom. The van der Waals surface area contributed by atoms with E-state index < -0.39 is 0 Å². The topological polar surface area (TPSA) is 48.9 Å². The number of hydrogen-bond acceptors (Lipinski definition) is 3. The van der Waals surface area contributed by atoms with Crippen molar-refractivity contribution in [1.29, 1.82) is 0 Å². The second-order valence-electron chi connectivity index (χ2n) is 6.92. The van der Waals surface area contributed by atoms with E-state index >= 15 is 0 Å². The number of nitrogens with one attached hydrogen (secondary N) is 2. The third kappa shape index (κ3) is 8.51. The number of nitrogens with zero attached hydrogens (tertiary/aromatic N) is 2. The van der Waals surface area contributed by atoms with Crippen LogP contribution < -0.4 is 15.4 Å². The van der Waals surface area contributed by atoms with Gasteiger partial charge in [-0.1, -0.05) is 24.3 Å². The van der Waals surface area contributed by atoms with Crippen LogP contribution in [0.15, 0.2) is 41.9 Å². The van der Waals surface area contributed by atoms with Crippen molar-refractivity contribution in [2.45, 2.75) is 45.8 Å². The van der Waals surface area contributed by atoms with Crippen LogP contribution in [0, 0.1) is 6.92 Å². The molecular weight excluding hydrogens is 451 g/mol. The van der Waals surface area contributed by atoms with E-state index in [0.717, 1.165) is 56.3 Å². The number of aliphatic imine (C=N–C) groups is 1. The van der Waals surface area contributed by atoms with Crippen LogP contribution in [0.2, 0.25) is 0 Å². The number of benzene rings is 1. The van der Waals surface area contributed by atoms with Gasteiger partial charge < -0.3 is 15.4 Å². The van der Waals surface area contributed by atoms with Gasteiger partial charge in [0.15, 0.2) is 5.96 Å². The van der Waals surface area contributed by atoms with Crippen LogP contribution in [0.3, 0.4) is 0 Å². The molecule has 152 valence electrons. The van der Waals surface area contributed by atoms with Gasteiger partial charge in [0.25, 0.3) is 0 Å². The van der Waals surface area contributed by atoms with E-state index in [4.69, 9.17) is 9.73 Å². The molecule has 1 aromatic carbocycles. The third-order valence-corrected chi connectivity index (χ3v) is 4.59. The lowest BCUT2D eigenvalue weighted by atomic mass is 10.1. The molecule has 0 aliphatic carbocycles. The van der Waals surface area contributed by atoms with Crippen molar-refractivity contribution in [2.24, 2.45) is 4.99 Å². The summed E-state index contributed by atoms with van der Waals surface area (Å²) >= 11 is 0. The summed E-state index contributed by atoms with van der Waals surface area (Å²) in [4.78, 5) is 7.17. The summed E-state index contributed by atoms with van der Waals surface area (Å²) in [6, 6.07) is 8.58. The monoisotopic (exact) mass is 486 g/mol. The molecule has 1 fully saturated rings. The molecule has 0 amide bonds. The molecule has 1 saturated heterocycles. The minimum absolute atomic E-state index is 0. The second-order valence-corrected chi connectivity index (χ2v) is 6.92. The lowest BCUT2D eigenvalue weighted by Gasteiger charge is -2.32. The molecule has 1 aliphatic rings. The minimum Gasteiger partial charge on any atom is -0.489 e. The fraction of sp³-hybridized carbons (Fsp3) is 0.571. The zero-order valence-corrected chi connectivity index (χ0v) is 19.2. The fourth-order valence-corrected chi connectivity index (χ4v) is 3.12. The Balaban J connectivity index is 0.00000364. The third-order valence-electron chi connectivity index (χ3n) is 4.59. The van der Waals surface area contributed by atoms with Crippen LogP contribution in [0.1, 0.15) is 32.3 Å². The lowest BCUT2D eigenvalue weighted by molar-refractivity contribution is 0.223. The maximum atomic E-state index is 6.03. The van der Waals surface area contributed by atoms with Gasteiger partial charge in [-0.25, -0.2) is 4.99 Å². The second kappa shape index (κ2) is 13.0. The van der Waals surface area contributed by atoms with Crippen molar-refractivity contribution in [3.63, 3.8) is 0 Å². The van der Waals surface area contributed by atoms with E-state index in [1.807, 2.05) is 24.3 Å². The molecule has 0 bridgehead atoms. The molecule has 1 unspecified atom stereocenters. The maximum absolute atomic E-state index is 6.03. The number of guanidine groups is 1. The molecule has 1 aromatic rings. The Hall–Kier alpha value is -1.28. The zero-order valence-electron chi connectivity index (χ0n) is 16.9. The van der Waals surface area contributed by atoms with Gasteiger partial charge in [-0.05, 0) is 45.2 Å². The SMILES string of the molecule is C=CCN1CCC(NC(=NCC(C)Oc2ccccc2C)NCC)CC1.I. The molecular formula is C21H35IN4O. The van der Waals surface area contributed by atoms with Gasteiger partial charge in [-0.15, -0.1) is 30.6 Å². The Morgan fingerprint density at radius 2 is 2.07 bits per heavy atom. The molecule has 1 aliphatic heterocycles. The van der Waals surface area contributed by atoms with E-state index in [1.165, 1.54) is 0 Å². The van der Waals surface area contributed by atoms with Crippen LogP contribution in [-0.2, 0) is 0 Å². The Bertz CT molecular complexity index is 585. The van der Waals surface area contributed by atoms with Gasteiger partial charge in [-0.3, -0.25) is 4.90 Å². The summed E-state index contributed by atoms with van der Waals surface area (Å²) < 4.78 is 6.03. The average molecular weight is 486 g/mol. The number of ether oxygens (including phenoxy) is 1. The number of hydrogen-bond donors (Lipinski definition) is 2. The number of halogens is 1. The normalized spacial score (nSPS) is 16.9. The Morgan fingerprint density at radius 1 is 1.37 bits per heavy atom. The average Bonchev–Trinajstić information content (AvgIpc) is 2.64. The molecule has 1 atom stereocenters. The number of para-hydroxylation sites is 1. The molecule has 2 N–H and O–H groups in total. The largest absolute Gasteiger partial charge is 0.489 e. The van der Waals surface area contributed by atoms with Crippen molar-refractivity contribution >= 4 is 29.9 Å². The highest BCUT2D eigenvalue weighted by atomic mass is 127. The first kappa shape index (κ1) is 23.8. The van der Waals surface area contributed by atoms with E-state index in [2.05, 4.69) is 49.0 Å².